The van der Waals surface area contributed by atoms with Gasteiger partial charge >= 0.3 is 0 Å². The monoisotopic (exact) mass is 259 g/mol. The van der Waals surface area contributed by atoms with Gasteiger partial charge < -0.3 is 20.3 Å². The lowest BCUT2D eigenvalue weighted by molar-refractivity contribution is -0.129. The van der Waals surface area contributed by atoms with Crippen LogP contribution in [0.2, 0.25) is 0 Å². The molecule has 0 saturated heterocycles. The number of methoxy groups -OCH3 is 1. The second kappa shape index (κ2) is 11.0. The van der Waals surface area contributed by atoms with Crippen molar-refractivity contribution in [3.63, 3.8) is 0 Å². The second-order valence-electron chi connectivity index (χ2n) is 4.38. The van der Waals surface area contributed by atoms with Gasteiger partial charge in [-0.3, -0.25) is 9.59 Å². The smallest absolute Gasteiger partial charge is 0.229 e. The molecule has 0 aromatic rings. The van der Waals surface area contributed by atoms with Crippen molar-refractivity contribution in [2.45, 2.75) is 19.3 Å². The van der Waals surface area contributed by atoms with Crippen molar-refractivity contribution >= 4 is 11.8 Å². The zero-order valence-electron chi connectivity index (χ0n) is 11.6. The number of nitrogens with one attached hydrogen (secondary N) is 2. The van der Waals surface area contributed by atoms with Crippen molar-refractivity contribution in [3.05, 3.63) is 0 Å². The lowest BCUT2D eigenvalue weighted by Gasteiger charge is -2.10. The summed E-state index contributed by atoms with van der Waals surface area (Å²) in [5.74, 6) is -0.464. The largest absolute Gasteiger partial charge is 0.385 e. The third-order valence-corrected chi connectivity index (χ3v) is 2.27. The fraction of sp³-hybridized carbons (Fsp3) is 0.833. The number of ether oxygens (including phenoxy) is 1. The Morgan fingerprint density at radius 2 is 1.61 bits per heavy atom. The zero-order valence-corrected chi connectivity index (χ0v) is 11.6. The number of hydrogen-bond acceptors (Lipinski definition) is 4. The summed E-state index contributed by atoms with van der Waals surface area (Å²) in [6, 6.07) is 0. The molecule has 0 spiro atoms. The highest BCUT2D eigenvalue weighted by Crippen LogP contribution is 1.85. The zero-order chi connectivity index (χ0) is 13.8. The Labute approximate surface area is 109 Å². The van der Waals surface area contributed by atoms with Crippen LogP contribution < -0.4 is 10.6 Å². The molecule has 0 bridgehead atoms. The molecular formula is C12H25N3O3. The van der Waals surface area contributed by atoms with Gasteiger partial charge in [-0.2, -0.15) is 0 Å². The molecule has 0 heterocycles. The van der Waals surface area contributed by atoms with E-state index in [2.05, 4.69) is 15.5 Å². The first kappa shape index (κ1) is 16.9. The van der Waals surface area contributed by atoms with Crippen LogP contribution in [0, 0.1) is 0 Å². The van der Waals surface area contributed by atoms with E-state index in [1.165, 1.54) is 0 Å². The molecule has 2 N–H and O–H groups in total. The van der Waals surface area contributed by atoms with Crippen LogP contribution in [0.1, 0.15) is 19.3 Å². The van der Waals surface area contributed by atoms with E-state index in [1.54, 1.807) is 7.11 Å². The SMILES string of the molecule is COCCCNC(=O)CC(=O)NCCCN(C)C. The number of rotatable bonds is 10. The fourth-order valence-electron chi connectivity index (χ4n) is 1.34. The number of amides is 2. The molecule has 18 heavy (non-hydrogen) atoms. The summed E-state index contributed by atoms with van der Waals surface area (Å²) < 4.78 is 4.85. The first-order valence-corrected chi connectivity index (χ1v) is 6.23. The number of carbonyl (C=O) groups excluding carboxylic acids is 2. The van der Waals surface area contributed by atoms with Crippen LogP contribution in [0.15, 0.2) is 0 Å². The van der Waals surface area contributed by atoms with Crippen LogP contribution in [0.25, 0.3) is 0 Å². The Balaban J connectivity index is 3.46. The van der Waals surface area contributed by atoms with Gasteiger partial charge in [-0.05, 0) is 33.5 Å². The molecule has 0 aliphatic rings. The van der Waals surface area contributed by atoms with Crippen molar-refractivity contribution in [2.75, 3.05) is 47.4 Å². The molecule has 0 saturated carbocycles. The second-order valence-corrected chi connectivity index (χ2v) is 4.38. The highest BCUT2D eigenvalue weighted by molar-refractivity contribution is 5.96. The van der Waals surface area contributed by atoms with Crippen molar-refractivity contribution in [1.82, 2.24) is 15.5 Å². The van der Waals surface area contributed by atoms with Gasteiger partial charge in [-0.25, -0.2) is 0 Å². The highest BCUT2D eigenvalue weighted by atomic mass is 16.5. The lowest BCUT2D eigenvalue weighted by atomic mass is 10.3. The Hall–Kier alpha value is -1.14. The standard InChI is InChI=1S/C12H25N3O3/c1-15(2)8-4-6-13-11(16)10-12(17)14-7-5-9-18-3/h4-10H2,1-3H3,(H,13,16)(H,14,17). The van der Waals surface area contributed by atoms with Crippen LogP contribution in [0.4, 0.5) is 0 Å². The van der Waals surface area contributed by atoms with Gasteiger partial charge in [0.25, 0.3) is 0 Å². The minimum Gasteiger partial charge on any atom is -0.385 e. The summed E-state index contributed by atoms with van der Waals surface area (Å²) in [6.07, 6.45) is 1.54. The highest BCUT2D eigenvalue weighted by Gasteiger charge is 2.07. The topological polar surface area (TPSA) is 70.7 Å². The predicted octanol–water partition coefficient (Wildman–Crippen LogP) is -0.403. The van der Waals surface area contributed by atoms with Crippen molar-refractivity contribution in [3.8, 4) is 0 Å². The van der Waals surface area contributed by atoms with E-state index in [9.17, 15) is 9.59 Å². The maximum atomic E-state index is 11.4. The summed E-state index contributed by atoms with van der Waals surface area (Å²) in [6.45, 7) is 2.68. The van der Waals surface area contributed by atoms with E-state index >= 15 is 0 Å². The Bertz CT molecular complexity index is 245. The first-order chi connectivity index (χ1) is 8.56. The maximum absolute atomic E-state index is 11.4. The molecule has 2 amide bonds. The van der Waals surface area contributed by atoms with Crippen LogP contribution in [0.5, 0.6) is 0 Å². The van der Waals surface area contributed by atoms with Crippen LogP contribution >= 0.6 is 0 Å². The normalized spacial score (nSPS) is 10.4. The van der Waals surface area contributed by atoms with E-state index in [4.69, 9.17) is 4.74 Å². The van der Waals surface area contributed by atoms with Crippen LogP contribution in [-0.2, 0) is 14.3 Å². The Morgan fingerprint density at radius 1 is 1.06 bits per heavy atom. The first-order valence-electron chi connectivity index (χ1n) is 6.23. The summed E-state index contributed by atoms with van der Waals surface area (Å²) in [5.41, 5.74) is 0. The van der Waals surface area contributed by atoms with Gasteiger partial charge in [0.1, 0.15) is 6.42 Å². The van der Waals surface area contributed by atoms with Crippen molar-refractivity contribution in [2.24, 2.45) is 0 Å². The molecule has 6 heteroatoms. The predicted molar refractivity (Wildman–Crippen MR) is 70.3 cm³/mol. The third-order valence-electron chi connectivity index (χ3n) is 2.27. The average molecular weight is 259 g/mol. The maximum Gasteiger partial charge on any atom is 0.229 e. The molecule has 0 radical (unpaired) electrons. The minimum atomic E-state index is -0.240. The van der Waals surface area contributed by atoms with Gasteiger partial charge in [-0.1, -0.05) is 0 Å². The van der Waals surface area contributed by atoms with Gasteiger partial charge in [0.15, 0.2) is 0 Å². The summed E-state index contributed by atoms with van der Waals surface area (Å²) in [7, 11) is 5.58. The number of nitrogens with zero attached hydrogens (tertiary/aromatic N) is 1. The number of hydrogen-bond donors (Lipinski definition) is 2. The summed E-state index contributed by atoms with van der Waals surface area (Å²) >= 11 is 0. The quantitative estimate of drug-likeness (QED) is 0.413. The van der Waals surface area contributed by atoms with Crippen LogP contribution in [0.3, 0.4) is 0 Å². The molecule has 0 aromatic carbocycles. The average Bonchev–Trinajstić information content (AvgIpc) is 2.30. The Kier molecular flexibility index (Phi) is 10.3. The van der Waals surface area contributed by atoms with Gasteiger partial charge in [0, 0.05) is 26.8 Å². The molecule has 6 nitrogen and oxygen atoms in total. The molecule has 0 rings (SSSR count). The van der Waals surface area contributed by atoms with Crippen LogP contribution in [-0.4, -0.2) is 64.2 Å². The van der Waals surface area contributed by atoms with E-state index in [1.807, 2.05) is 14.1 Å². The van der Waals surface area contributed by atoms with E-state index in [-0.39, 0.29) is 18.2 Å². The summed E-state index contributed by atoms with van der Waals surface area (Å²) in [4.78, 5) is 24.8. The molecular weight excluding hydrogens is 234 g/mol. The van der Waals surface area contributed by atoms with E-state index in [0.717, 1.165) is 19.4 Å². The number of carbonyl (C=O) groups is 2. The molecule has 0 aliphatic heterocycles. The van der Waals surface area contributed by atoms with E-state index in [0.29, 0.717) is 19.7 Å². The molecule has 0 fully saturated rings. The third kappa shape index (κ3) is 11.3. The van der Waals surface area contributed by atoms with Gasteiger partial charge in [0.2, 0.25) is 11.8 Å². The molecule has 106 valence electrons. The summed E-state index contributed by atoms with van der Waals surface area (Å²) in [5, 5.41) is 5.39. The minimum absolute atomic E-state index is 0.102. The molecule has 0 aromatic heterocycles. The Morgan fingerprint density at radius 3 is 2.11 bits per heavy atom. The molecule has 0 aliphatic carbocycles. The van der Waals surface area contributed by atoms with Crippen molar-refractivity contribution in [1.29, 1.82) is 0 Å². The fourth-order valence-corrected chi connectivity index (χ4v) is 1.34. The van der Waals surface area contributed by atoms with Gasteiger partial charge in [-0.15, -0.1) is 0 Å². The lowest BCUT2D eigenvalue weighted by Crippen LogP contribution is -2.33. The molecule has 0 atom stereocenters. The molecule has 0 unspecified atom stereocenters. The van der Waals surface area contributed by atoms with Gasteiger partial charge in [0.05, 0.1) is 0 Å². The van der Waals surface area contributed by atoms with Crippen molar-refractivity contribution < 1.29 is 14.3 Å². The van der Waals surface area contributed by atoms with E-state index < -0.39 is 0 Å².